The van der Waals surface area contributed by atoms with Gasteiger partial charge in [-0.25, -0.2) is 18.2 Å². The van der Waals surface area contributed by atoms with Crippen LogP contribution in [0.25, 0.3) is 0 Å². The minimum absolute atomic E-state index is 0.0272. The van der Waals surface area contributed by atoms with Crippen molar-refractivity contribution in [2.45, 2.75) is 4.90 Å². The fourth-order valence-corrected chi connectivity index (χ4v) is 5.11. The van der Waals surface area contributed by atoms with Crippen molar-refractivity contribution in [3.05, 3.63) is 115 Å². The molecule has 0 radical (unpaired) electrons. The van der Waals surface area contributed by atoms with Crippen molar-refractivity contribution in [2.24, 2.45) is 5.10 Å². The molecule has 2 N–H and O–H groups in total. The molecule has 0 fully saturated rings. The number of nitrogens with zero attached hydrogens (tertiary/aromatic N) is 2. The molecule has 0 heterocycles. The Labute approximate surface area is 242 Å². The molecule has 12 heteroatoms. The van der Waals surface area contributed by atoms with Gasteiger partial charge in [-0.1, -0.05) is 24.3 Å². The van der Waals surface area contributed by atoms with E-state index in [0.29, 0.717) is 22.7 Å². The third kappa shape index (κ3) is 8.15. The van der Waals surface area contributed by atoms with Crippen molar-refractivity contribution in [3.63, 3.8) is 0 Å². The lowest BCUT2D eigenvalue weighted by atomic mass is 10.2. The van der Waals surface area contributed by atoms with Crippen LogP contribution in [0.15, 0.2) is 113 Å². The Bertz CT molecular complexity index is 1650. The van der Waals surface area contributed by atoms with Crippen LogP contribution in [-0.4, -0.2) is 46.7 Å². The molecule has 0 saturated carbocycles. The fraction of sp³-hybridized carbons (Fsp3) is 0.100. The van der Waals surface area contributed by atoms with E-state index < -0.39 is 34.2 Å². The molecule has 0 bridgehead atoms. The van der Waals surface area contributed by atoms with E-state index in [1.165, 1.54) is 55.8 Å². The van der Waals surface area contributed by atoms with Gasteiger partial charge in [-0.05, 0) is 78.4 Å². The molecule has 216 valence electrons. The molecule has 4 rings (SSSR count). The normalized spacial score (nSPS) is 11.1. The molecule has 2 amide bonds. The van der Waals surface area contributed by atoms with Gasteiger partial charge in [0.2, 0.25) is 0 Å². The highest BCUT2D eigenvalue weighted by Gasteiger charge is 2.27. The van der Waals surface area contributed by atoms with Gasteiger partial charge in [0.1, 0.15) is 23.9 Å². The molecule has 4 aromatic rings. The highest BCUT2D eigenvalue weighted by atomic mass is 32.2. The molecule has 0 unspecified atom stereocenters. The number of ether oxygens (including phenoxy) is 2. The number of carbonyl (C=O) groups is 2. The van der Waals surface area contributed by atoms with Crippen molar-refractivity contribution in [3.8, 4) is 11.5 Å². The summed E-state index contributed by atoms with van der Waals surface area (Å²) in [7, 11) is -2.62. The van der Waals surface area contributed by atoms with Crippen LogP contribution in [0.5, 0.6) is 11.5 Å². The van der Waals surface area contributed by atoms with Crippen LogP contribution in [0.1, 0.15) is 5.56 Å². The Morgan fingerprint density at radius 1 is 0.881 bits per heavy atom. The quantitative estimate of drug-likeness (QED) is 0.188. The molecular weight excluding hydrogens is 563 g/mol. The van der Waals surface area contributed by atoms with Crippen LogP contribution in [-0.2, 0) is 19.6 Å². The average molecular weight is 591 g/mol. The van der Waals surface area contributed by atoms with E-state index in [-0.39, 0.29) is 17.2 Å². The number of benzene rings is 4. The van der Waals surface area contributed by atoms with Crippen molar-refractivity contribution in [2.75, 3.05) is 29.9 Å². The Morgan fingerprint density at radius 2 is 1.60 bits per heavy atom. The second kappa shape index (κ2) is 13.9. The molecule has 42 heavy (non-hydrogen) atoms. The number of halogens is 1. The van der Waals surface area contributed by atoms with Crippen LogP contribution in [0, 0.1) is 5.82 Å². The molecule has 10 nitrogen and oxygen atoms in total. The molecule has 0 aliphatic rings. The van der Waals surface area contributed by atoms with Crippen LogP contribution < -0.4 is 24.5 Å². The lowest BCUT2D eigenvalue weighted by Gasteiger charge is -2.24. The first-order chi connectivity index (χ1) is 20.2. The number of carbonyl (C=O) groups excluding carboxylic acids is 2. The number of rotatable bonds is 12. The van der Waals surface area contributed by atoms with E-state index in [2.05, 4.69) is 15.8 Å². The summed E-state index contributed by atoms with van der Waals surface area (Å²) in [5.41, 5.74) is 3.66. The zero-order valence-corrected chi connectivity index (χ0v) is 23.3. The zero-order valence-electron chi connectivity index (χ0n) is 22.4. The highest BCUT2D eigenvalue weighted by Crippen LogP contribution is 2.26. The summed E-state index contributed by atoms with van der Waals surface area (Å²) in [5.74, 6) is -0.628. The first-order valence-electron chi connectivity index (χ1n) is 12.6. The number of anilines is 2. The third-order valence-electron chi connectivity index (χ3n) is 5.74. The van der Waals surface area contributed by atoms with Gasteiger partial charge in [-0.2, -0.15) is 5.10 Å². The fourth-order valence-electron chi connectivity index (χ4n) is 3.67. The summed E-state index contributed by atoms with van der Waals surface area (Å²) in [6.45, 7) is -0.787. The lowest BCUT2D eigenvalue weighted by molar-refractivity contribution is -0.119. The monoisotopic (exact) mass is 590 g/mol. The van der Waals surface area contributed by atoms with Crippen LogP contribution in [0.4, 0.5) is 15.8 Å². The van der Waals surface area contributed by atoms with E-state index in [4.69, 9.17) is 9.47 Å². The number of hydrazone groups is 1. The smallest absolute Gasteiger partial charge is 0.264 e. The number of sulfonamides is 1. The van der Waals surface area contributed by atoms with E-state index in [9.17, 15) is 22.4 Å². The molecule has 0 saturated heterocycles. The lowest BCUT2D eigenvalue weighted by Crippen LogP contribution is -2.39. The molecule has 0 aliphatic carbocycles. The predicted molar refractivity (Wildman–Crippen MR) is 157 cm³/mol. The van der Waals surface area contributed by atoms with E-state index in [1.807, 2.05) is 0 Å². The SMILES string of the molecule is COc1cccc(N(CC(=O)NN=Cc2ccc(OCC(=O)Nc3ccc(F)cc3)cc2)S(=O)(=O)c2ccccc2)c1. The average Bonchev–Trinajstić information content (AvgIpc) is 3.01. The minimum atomic E-state index is -4.08. The second-order valence-electron chi connectivity index (χ2n) is 8.73. The maximum atomic E-state index is 13.4. The number of hydrogen-bond donors (Lipinski definition) is 2. The van der Waals surface area contributed by atoms with Crippen LogP contribution >= 0.6 is 0 Å². The predicted octanol–water partition coefficient (Wildman–Crippen LogP) is 4.20. The van der Waals surface area contributed by atoms with Crippen molar-refractivity contribution >= 4 is 39.4 Å². The number of hydrogen-bond acceptors (Lipinski definition) is 7. The molecule has 0 aromatic heterocycles. The summed E-state index contributed by atoms with van der Waals surface area (Å²) in [5, 5.41) is 6.53. The largest absolute Gasteiger partial charge is 0.497 e. The number of nitrogens with one attached hydrogen (secondary N) is 2. The van der Waals surface area contributed by atoms with E-state index >= 15 is 0 Å². The van der Waals surface area contributed by atoms with Gasteiger partial charge >= 0.3 is 0 Å². The summed E-state index contributed by atoms with van der Waals surface area (Å²) in [6.07, 6.45) is 1.38. The van der Waals surface area contributed by atoms with Crippen molar-refractivity contribution in [1.82, 2.24) is 5.43 Å². The molecular formula is C30H27FN4O6S. The third-order valence-corrected chi connectivity index (χ3v) is 7.53. The Hall–Kier alpha value is -5.23. The first kappa shape index (κ1) is 29.7. The molecule has 0 spiro atoms. The summed E-state index contributed by atoms with van der Waals surface area (Å²) in [4.78, 5) is 24.8. The van der Waals surface area contributed by atoms with Gasteiger partial charge in [-0.3, -0.25) is 13.9 Å². The number of methoxy groups -OCH3 is 1. The van der Waals surface area contributed by atoms with Crippen LogP contribution in [0.2, 0.25) is 0 Å². The maximum Gasteiger partial charge on any atom is 0.264 e. The maximum absolute atomic E-state index is 13.4. The van der Waals surface area contributed by atoms with Gasteiger partial charge in [0.05, 0.1) is 23.9 Å². The summed E-state index contributed by atoms with van der Waals surface area (Å²) in [6, 6.07) is 26.1. The summed E-state index contributed by atoms with van der Waals surface area (Å²) < 4.78 is 51.5. The Balaban J connectivity index is 1.35. The van der Waals surface area contributed by atoms with Crippen molar-refractivity contribution in [1.29, 1.82) is 0 Å². The highest BCUT2D eigenvalue weighted by molar-refractivity contribution is 7.92. The topological polar surface area (TPSA) is 126 Å². The molecule has 0 atom stereocenters. The van der Waals surface area contributed by atoms with E-state index in [1.54, 1.807) is 60.7 Å². The standard InChI is InChI=1S/C30H27FN4O6S/c1-40-27-7-5-6-25(18-27)35(42(38,39)28-8-3-2-4-9-28)20-29(36)34-32-19-22-10-16-26(17-11-22)41-21-30(37)33-24-14-12-23(31)13-15-24/h2-19H,20-21H2,1H3,(H,33,37)(H,34,36). The number of amides is 2. The Morgan fingerprint density at radius 3 is 2.29 bits per heavy atom. The molecule has 0 aliphatic heterocycles. The van der Waals surface area contributed by atoms with E-state index in [0.717, 1.165) is 4.31 Å². The van der Waals surface area contributed by atoms with Gasteiger partial charge in [0, 0.05) is 11.8 Å². The first-order valence-corrected chi connectivity index (χ1v) is 14.0. The molecule has 4 aromatic carbocycles. The van der Waals surface area contributed by atoms with Crippen LogP contribution in [0.3, 0.4) is 0 Å². The second-order valence-corrected chi connectivity index (χ2v) is 10.6. The van der Waals surface area contributed by atoms with Crippen molar-refractivity contribution < 1.29 is 31.9 Å². The minimum Gasteiger partial charge on any atom is -0.497 e. The zero-order chi connectivity index (χ0) is 30.0. The summed E-state index contributed by atoms with van der Waals surface area (Å²) >= 11 is 0. The Kier molecular flexibility index (Phi) is 9.85. The van der Waals surface area contributed by atoms with Gasteiger partial charge in [-0.15, -0.1) is 0 Å². The van der Waals surface area contributed by atoms with Gasteiger partial charge in [0.25, 0.3) is 21.8 Å². The van der Waals surface area contributed by atoms with Gasteiger partial charge in [0.15, 0.2) is 6.61 Å². The van der Waals surface area contributed by atoms with Gasteiger partial charge < -0.3 is 14.8 Å².